The van der Waals surface area contributed by atoms with Gasteiger partial charge in [-0.05, 0) is 30.2 Å². The molecule has 0 fully saturated rings. The molecule has 1 aromatic carbocycles. The lowest BCUT2D eigenvalue weighted by atomic mass is 10.1. The first-order chi connectivity index (χ1) is 12.3. The molecular formula is C20H21ClN4. The normalized spacial score (nSPS) is 10.9. The fourth-order valence-electron chi connectivity index (χ4n) is 2.85. The average Bonchev–Trinajstić information content (AvgIpc) is 3.06. The molecule has 5 heteroatoms. The van der Waals surface area contributed by atoms with Gasteiger partial charge in [-0.15, -0.1) is 0 Å². The van der Waals surface area contributed by atoms with E-state index in [0.29, 0.717) is 5.02 Å². The minimum atomic E-state index is 0. The van der Waals surface area contributed by atoms with E-state index in [1.54, 1.807) is 6.20 Å². The van der Waals surface area contributed by atoms with E-state index in [4.69, 9.17) is 16.6 Å². The SMILES string of the molecule is Clc1cnc2[nH]cc(-c3cccc(NCCc4ccccc4)n3)c2c1.[HH].[HH]. The van der Waals surface area contributed by atoms with Crippen molar-refractivity contribution in [1.29, 1.82) is 0 Å². The van der Waals surface area contributed by atoms with Crippen LogP contribution in [0.4, 0.5) is 5.82 Å². The summed E-state index contributed by atoms with van der Waals surface area (Å²) in [6.45, 7) is 0.835. The molecule has 3 aromatic heterocycles. The molecule has 128 valence electrons. The van der Waals surface area contributed by atoms with Crippen LogP contribution in [-0.2, 0) is 6.42 Å². The van der Waals surface area contributed by atoms with Crippen LogP contribution in [0.15, 0.2) is 67.0 Å². The van der Waals surface area contributed by atoms with Crippen LogP contribution in [0.2, 0.25) is 5.02 Å². The molecule has 4 rings (SSSR count). The van der Waals surface area contributed by atoms with Gasteiger partial charge in [0.15, 0.2) is 0 Å². The van der Waals surface area contributed by atoms with E-state index in [2.05, 4.69) is 39.6 Å². The van der Waals surface area contributed by atoms with E-state index in [1.807, 2.05) is 36.5 Å². The zero-order chi connectivity index (χ0) is 17.1. The van der Waals surface area contributed by atoms with Gasteiger partial charge in [0.05, 0.1) is 10.7 Å². The third-order valence-electron chi connectivity index (χ3n) is 4.09. The Kier molecular flexibility index (Phi) is 4.36. The summed E-state index contributed by atoms with van der Waals surface area (Å²) in [7, 11) is 0. The third kappa shape index (κ3) is 3.49. The number of aromatic nitrogens is 3. The third-order valence-corrected chi connectivity index (χ3v) is 4.29. The highest BCUT2D eigenvalue weighted by Crippen LogP contribution is 2.28. The van der Waals surface area contributed by atoms with Gasteiger partial charge >= 0.3 is 0 Å². The lowest BCUT2D eigenvalue weighted by Gasteiger charge is -2.07. The molecule has 0 unspecified atom stereocenters. The number of hydrogen-bond donors (Lipinski definition) is 2. The van der Waals surface area contributed by atoms with E-state index in [9.17, 15) is 0 Å². The Morgan fingerprint density at radius 1 is 1.08 bits per heavy atom. The molecule has 0 atom stereocenters. The molecule has 2 N–H and O–H groups in total. The number of pyridine rings is 2. The Bertz CT molecular complexity index is 1010. The molecule has 3 heterocycles. The second-order valence-corrected chi connectivity index (χ2v) is 6.26. The number of halogens is 1. The summed E-state index contributed by atoms with van der Waals surface area (Å²) in [5.74, 6) is 0.859. The molecular weight excluding hydrogens is 332 g/mol. The van der Waals surface area contributed by atoms with Gasteiger partial charge in [-0.1, -0.05) is 48.0 Å². The summed E-state index contributed by atoms with van der Waals surface area (Å²) in [5, 5.41) is 4.98. The molecule has 0 amide bonds. The molecule has 0 aliphatic rings. The summed E-state index contributed by atoms with van der Waals surface area (Å²) in [5.41, 5.74) is 4.00. The number of aromatic amines is 1. The summed E-state index contributed by atoms with van der Waals surface area (Å²) in [6.07, 6.45) is 4.52. The van der Waals surface area contributed by atoms with Gasteiger partial charge in [0.1, 0.15) is 11.5 Å². The Labute approximate surface area is 153 Å². The molecule has 0 saturated carbocycles. The van der Waals surface area contributed by atoms with E-state index >= 15 is 0 Å². The Hall–Kier alpha value is -2.85. The number of benzene rings is 1. The predicted molar refractivity (Wildman–Crippen MR) is 107 cm³/mol. The number of rotatable bonds is 5. The summed E-state index contributed by atoms with van der Waals surface area (Å²) in [6, 6.07) is 18.3. The quantitative estimate of drug-likeness (QED) is 0.504. The van der Waals surface area contributed by atoms with E-state index in [1.165, 1.54) is 5.56 Å². The van der Waals surface area contributed by atoms with Crippen molar-refractivity contribution in [1.82, 2.24) is 15.0 Å². The van der Waals surface area contributed by atoms with E-state index in [0.717, 1.165) is 41.1 Å². The zero-order valence-electron chi connectivity index (χ0n) is 13.5. The minimum Gasteiger partial charge on any atom is -0.370 e. The maximum absolute atomic E-state index is 6.08. The Morgan fingerprint density at radius 3 is 2.84 bits per heavy atom. The standard InChI is InChI=1S/C20H17ClN4.2H2/c21-15-11-16-17(13-24-20(16)23-12-15)18-7-4-8-19(25-18)22-10-9-14-5-2-1-3-6-14;;/h1-8,11-13H,9-10H2,(H,22,25)(H,23,24);2*1H. The molecule has 4 aromatic rings. The van der Waals surface area contributed by atoms with Crippen molar-refractivity contribution in [3.63, 3.8) is 0 Å². The highest BCUT2D eigenvalue weighted by atomic mass is 35.5. The van der Waals surface area contributed by atoms with Gasteiger partial charge in [0.25, 0.3) is 0 Å². The second kappa shape index (κ2) is 6.95. The van der Waals surface area contributed by atoms with Gasteiger partial charge < -0.3 is 10.3 Å². The van der Waals surface area contributed by atoms with Gasteiger partial charge in [-0.2, -0.15) is 0 Å². The smallest absolute Gasteiger partial charge is 0.138 e. The number of nitrogens with zero attached hydrogens (tertiary/aromatic N) is 2. The molecule has 0 radical (unpaired) electrons. The maximum Gasteiger partial charge on any atom is 0.138 e. The van der Waals surface area contributed by atoms with Crippen LogP contribution in [0.3, 0.4) is 0 Å². The van der Waals surface area contributed by atoms with Crippen LogP contribution in [-0.4, -0.2) is 21.5 Å². The van der Waals surface area contributed by atoms with Crippen molar-refractivity contribution < 1.29 is 2.85 Å². The maximum atomic E-state index is 6.08. The predicted octanol–water partition coefficient (Wildman–Crippen LogP) is 5.42. The van der Waals surface area contributed by atoms with E-state index in [-0.39, 0.29) is 2.85 Å². The van der Waals surface area contributed by atoms with Crippen LogP contribution in [0.25, 0.3) is 22.3 Å². The van der Waals surface area contributed by atoms with Crippen molar-refractivity contribution in [3.8, 4) is 11.3 Å². The highest BCUT2D eigenvalue weighted by molar-refractivity contribution is 6.31. The average molecular weight is 353 g/mol. The highest BCUT2D eigenvalue weighted by Gasteiger charge is 2.09. The van der Waals surface area contributed by atoms with Crippen molar-refractivity contribution in [2.75, 3.05) is 11.9 Å². The van der Waals surface area contributed by atoms with Crippen LogP contribution in [0.1, 0.15) is 8.42 Å². The second-order valence-electron chi connectivity index (χ2n) is 5.82. The lowest BCUT2D eigenvalue weighted by molar-refractivity contribution is 1.01. The van der Waals surface area contributed by atoms with Crippen molar-refractivity contribution in [2.45, 2.75) is 6.42 Å². The first-order valence-electron chi connectivity index (χ1n) is 8.17. The Morgan fingerprint density at radius 2 is 1.96 bits per heavy atom. The number of hydrogen-bond acceptors (Lipinski definition) is 3. The number of nitrogens with one attached hydrogen (secondary N) is 2. The topological polar surface area (TPSA) is 53.6 Å². The summed E-state index contributed by atoms with van der Waals surface area (Å²) < 4.78 is 0. The van der Waals surface area contributed by atoms with E-state index < -0.39 is 0 Å². The molecule has 25 heavy (non-hydrogen) atoms. The van der Waals surface area contributed by atoms with Crippen molar-refractivity contribution in [2.24, 2.45) is 0 Å². The van der Waals surface area contributed by atoms with Crippen LogP contribution < -0.4 is 5.32 Å². The van der Waals surface area contributed by atoms with Crippen LogP contribution in [0.5, 0.6) is 0 Å². The van der Waals surface area contributed by atoms with Gasteiger partial charge in [0, 0.05) is 32.7 Å². The van der Waals surface area contributed by atoms with Gasteiger partial charge in [0.2, 0.25) is 0 Å². The zero-order valence-corrected chi connectivity index (χ0v) is 14.3. The number of H-pyrrole nitrogens is 1. The first-order valence-corrected chi connectivity index (χ1v) is 8.55. The Balaban J connectivity index is 0.00000131. The molecule has 0 aliphatic heterocycles. The number of anilines is 1. The first kappa shape index (κ1) is 15.7. The molecule has 0 spiro atoms. The molecule has 4 nitrogen and oxygen atoms in total. The van der Waals surface area contributed by atoms with Crippen molar-refractivity contribution in [3.05, 3.63) is 77.6 Å². The van der Waals surface area contributed by atoms with Gasteiger partial charge in [-0.25, -0.2) is 9.97 Å². The molecule has 0 aliphatic carbocycles. The molecule has 0 bridgehead atoms. The van der Waals surface area contributed by atoms with Crippen molar-refractivity contribution >= 4 is 28.5 Å². The summed E-state index contributed by atoms with van der Waals surface area (Å²) >= 11 is 6.08. The lowest BCUT2D eigenvalue weighted by Crippen LogP contribution is -2.06. The monoisotopic (exact) mass is 352 g/mol. The number of fused-ring (bicyclic) bond motifs is 1. The van der Waals surface area contributed by atoms with Crippen LogP contribution >= 0.6 is 11.6 Å². The van der Waals surface area contributed by atoms with Gasteiger partial charge in [-0.3, -0.25) is 0 Å². The summed E-state index contributed by atoms with van der Waals surface area (Å²) in [4.78, 5) is 12.2. The fourth-order valence-corrected chi connectivity index (χ4v) is 3.01. The molecule has 0 saturated heterocycles. The largest absolute Gasteiger partial charge is 0.370 e. The fraction of sp³-hybridized carbons (Fsp3) is 0.100. The van der Waals surface area contributed by atoms with Crippen LogP contribution in [0, 0.1) is 0 Å². The minimum absolute atomic E-state index is 0.